The van der Waals surface area contributed by atoms with E-state index in [1.54, 1.807) is 37.4 Å². The predicted octanol–water partition coefficient (Wildman–Crippen LogP) is 4.83. The highest BCUT2D eigenvalue weighted by Crippen LogP contribution is 2.31. The van der Waals surface area contributed by atoms with Gasteiger partial charge in [-0.15, -0.1) is 0 Å². The number of methoxy groups -OCH3 is 1. The summed E-state index contributed by atoms with van der Waals surface area (Å²) in [6.45, 7) is 9.49. The summed E-state index contributed by atoms with van der Waals surface area (Å²) in [5.74, 6) is -0.315. The third kappa shape index (κ3) is 7.22. The number of rotatable bonds is 9. The van der Waals surface area contributed by atoms with Gasteiger partial charge in [0.1, 0.15) is 11.8 Å². The second-order valence-corrected chi connectivity index (χ2v) is 10.1. The van der Waals surface area contributed by atoms with Crippen LogP contribution in [0.3, 0.4) is 0 Å². The number of furan rings is 1. The van der Waals surface area contributed by atoms with Gasteiger partial charge in [-0.2, -0.15) is 0 Å². The summed E-state index contributed by atoms with van der Waals surface area (Å²) >= 11 is 0. The molecule has 0 bridgehead atoms. The summed E-state index contributed by atoms with van der Waals surface area (Å²) in [7, 11) is 1.55. The molecule has 2 N–H and O–H groups in total. The van der Waals surface area contributed by atoms with Crippen LogP contribution in [-0.2, 0) is 9.59 Å². The van der Waals surface area contributed by atoms with Crippen LogP contribution in [0.5, 0.6) is 5.75 Å². The number of nitrogens with one attached hydrogen (secondary N) is 2. The van der Waals surface area contributed by atoms with Crippen molar-refractivity contribution in [2.24, 2.45) is 0 Å². The SMILES string of the molecule is COc1ccc(N(C(=O)CNC(=O)c2ccco2)[C@H](C(=O)NC(C)(C)C)c2ccc(C(C)C)cc2)cc1. The lowest BCUT2D eigenvalue weighted by molar-refractivity contribution is -0.127. The quantitative estimate of drug-likeness (QED) is 0.434. The van der Waals surface area contributed by atoms with Crippen molar-refractivity contribution in [3.63, 3.8) is 0 Å². The van der Waals surface area contributed by atoms with Crippen molar-refractivity contribution >= 4 is 23.4 Å². The minimum Gasteiger partial charge on any atom is -0.497 e. The summed E-state index contributed by atoms with van der Waals surface area (Å²) in [5.41, 5.74) is 1.72. The van der Waals surface area contributed by atoms with Crippen molar-refractivity contribution < 1.29 is 23.5 Å². The average Bonchev–Trinajstić information content (AvgIpc) is 3.40. The Hall–Kier alpha value is -4.07. The van der Waals surface area contributed by atoms with Crippen LogP contribution in [0.1, 0.15) is 68.3 Å². The van der Waals surface area contributed by atoms with Crippen LogP contribution in [0.15, 0.2) is 71.3 Å². The van der Waals surface area contributed by atoms with Crippen LogP contribution in [0.2, 0.25) is 0 Å². The molecule has 3 rings (SSSR count). The highest BCUT2D eigenvalue weighted by atomic mass is 16.5. The molecule has 1 aromatic heterocycles. The molecule has 1 heterocycles. The van der Waals surface area contributed by atoms with Crippen LogP contribution in [0.25, 0.3) is 0 Å². The molecule has 1 atom stereocenters. The summed E-state index contributed by atoms with van der Waals surface area (Å²) < 4.78 is 10.4. The predicted molar refractivity (Wildman–Crippen MR) is 143 cm³/mol. The van der Waals surface area contributed by atoms with Gasteiger partial charge in [-0.3, -0.25) is 19.3 Å². The number of hydrogen-bond acceptors (Lipinski definition) is 5. The van der Waals surface area contributed by atoms with Gasteiger partial charge >= 0.3 is 0 Å². The topological polar surface area (TPSA) is 101 Å². The summed E-state index contributed by atoms with van der Waals surface area (Å²) in [6.07, 6.45) is 1.38. The normalized spacial score (nSPS) is 12.1. The highest BCUT2D eigenvalue weighted by Gasteiger charge is 2.34. The van der Waals surface area contributed by atoms with E-state index in [0.717, 1.165) is 5.56 Å². The Morgan fingerprint density at radius 3 is 2.08 bits per heavy atom. The van der Waals surface area contributed by atoms with E-state index in [4.69, 9.17) is 9.15 Å². The minimum atomic E-state index is -0.984. The Balaban J connectivity index is 2.04. The highest BCUT2D eigenvalue weighted by molar-refractivity contribution is 6.04. The standard InChI is InChI=1S/C29H35N3O5/c1-19(2)20-9-11-21(12-10-20)26(28(35)31-29(3,4)5)32(22-13-15-23(36-6)16-14-22)25(33)18-30-27(34)24-8-7-17-37-24/h7-17,19,26H,18H2,1-6H3,(H,30,34)(H,31,35)/t26-/m0/s1. The lowest BCUT2D eigenvalue weighted by Crippen LogP contribution is -2.51. The van der Waals surface area contributed by atoms with Crippen molar-refractivity contribution in [3.8, 4) is 5.75 Å². The van der Waals surface area contributed by atoms with Crippen LogP contribution in [-0.4, -0.2) is 36.9 Å². The lowest BCUT2D eigenvalue weighted by Gasteiger charge is -2.34. The Morgan fingerprint density at radius 1 is 0.946 bits per heavy atom. The van der Waals surface area contributed by atoms with Gasteiger partial charge in [0.25, 0.3) is 5.91 Å². The molecule has 8 heteroatoms. The number of ether oxygens (including phenoxy) is 1. The molecule has 0 radical (unpaired) electrons. The van der Waals surface area contributed by atoms with Crippen molar-refractivity contribution in [1.82, 2.24) is 10.6 Å². The van der Waals surface area contributed by atoms with Crippen LogP contribution in [0.4, 0.5) is 5.69 Å². The summed E-state index contributed by atoms with van der Waals surface area (Å²) in [5, 5.41) is 5.61. The largest absolute Gasteiger partial charge is 0.497 e. The van der Waals surface area contributed by atoms with Crippen molar-refractivity contribution in [2.45, 2.75) is 52.1 Å². The van der Waals surface area contributed by atoms with Gasteiger partial charge < -0.3 is 19.8 Å². The molecular formula is C29H35N3O5. The molecule has 196 valence electrons. The molecule has 2 aromatic carbocycles. The Labute approximate surface area is 218 Å². The third-order valence-electron chi connectivity index (χ3n) is 5.69. The second-order valence-electron chi connectivity index (χ2n) is 10.1. The molecule has 3 aromatic rings. The van der Waals surface area contributed by atoms with E-state index < -0.39 is 23.4 Å². The monoisotopic (exact) mass is 505 g/mol. The fraction of sp³-hybridized carbons (Fsp3) is 0.345. The Morgan fingerprint density at radius 2 is 1.57 bits per heavy atom. The van der Waals surface area contributed by atoms with E-state index in [0.29, 0.717) is 22.9 Å². The number of benzene rings is 2. The van der Waals surface area contributed by atoms with Crippen molar-refractivity contribution in [3.05, 3.63) is 83.8 Å². The number of carbonyl (C=O) groups excluding carboxylic acids is 3. The van der Waals surface area contributed by atoms with Crippen LogP contribution >= 0.6 is 0 Å². The van der Waals surface area contributed by atoms with Crippen LogP contribution < -0.4 is 20.3 Å². The van der Waals surface area contributed by atoms with Gasteiger partial charge in [-0.1, -0.05) is 38.1 Å². The van der Waals surface area contributed by atoms with E-state index in [9.17, 15) is 14.4 Å². The van der Waals surface area contributed by atoms with Crippen molar-refractivity contribution in [2.75, 3.05) is 18.6 Å². The van der Waals surface area contributed by atoms with E-state index in [1.165, 1.54) is 17.2 Å². The summed E-state index contributed by atoms with van der Waals surface area (Å²) in [4.78, 5) is 41.3. The molecule has 0 unspecified atom stereocenters. The van der Waals surface area contributed by atoms with Crippen LogP contribution in [0, 0.1) is 0 Å². The maximum absolute atomic E-state index is 13.7. The number of amides is 3. The average molecular weight is 506 g/mol. The Kier molecular flexibility index (Phi) is 8.76. The molecule has 0 spiro atoms. The molecular weight excluding hydrogens is 470 g/mol. The summed E-state index contributed by atoms with van der Waals surface area (Å²) in [6, 6.07) is 16.7. The Bertz CT molecular complexity index is 1190. The fourth-order valence-electron chi connectivity index (χ4n) is 3.83. The van der Waals surface area contributed by atoms with E-state index in [2.05, 4.69) is 24.5 Å². The molecule has 8 nitrogen and oxygen atoms in total. The molecule has 0 aliphatic rings. The zero-order chi connectivity index (χ0) is 27.2. The first-order chi connectivity index (χ1) is 17.5. The molecule has 0 saturated carbocycles. The first-order valence-corrected chi connectivity index (χ1v) is 12.2. The number of carbonyl (C=O) groups is 3. The third-order valence-corrected chi connectivity index (χ3v) is 5.69. The smallest absolute Gasteiger partial charge is 0.287 e. The van der Waals surface area contributed by atoms with E-state index in [-0.39, 0.29) is 18.2 Å². The minimum absolute atomic E-state index is 0.0927. The van der Waals surface area contributed by atoms with Gasteiger partial charge in [0.2, 0.25) is 11.8 Å². The van der Waals surface area contributed by atoms with E-state index in [1.807, 2.05) is 45.0 Å². The fourth-order valence-corrected chi connectivity index (χ4v) is 3.83. The van der Waals surface area contributed by atoms with Gasteiger partial charge in [0, 0.05) is 11.2 Å². The lowest BCUT2D eigenvalue weighted by atomic mass is 9.96. The molecule has 0 aliphatic carbocycles. The molecule has 0 aliphatic heterocycles. The van der Waals surface area contributed by atoms with Crippen molar-refractivity contribution in [1.29, 1.82) is 0 Å². The number of nitrogens with zero attached hydrogens (tertiary/aromatic N) is 1. The van der Waals surface area contributed by atoms with E-state index >= 15 is 0 Å². The zero-order valence-corrected chi connectivity index (χ0v) is 22.2. The maximum Gasteiger partial charge on any atom is 0.287 e. The molecule has 3 amide bonds. The zero-order valence-electron chi connectivity index (χ0n) is 22.2. The molecule has 0 fully saturated rings. The maximum atomic E-state index is 13.7. The van der Waals surface area contributed by atoms with Gasteiger partial charge in [0.15, 0.2) is 5.76 Å². The molecule has 0 saturated heterocycles. The van der Waals surface area contributed by atoms with Gasteiger partial charge in [0.05, 0.1) is 19.9 Å². The first kappa shape index (κ1) is 27.5. The van der Waals surface area contributed by atoms with Gasteiger partial charge in [-0.05, 0) is 74.2 Å². The number of hydrogen-bond donors (Lipinski definition) is 2. The second kappa shape index (κ2) is 11.8. The first-order valence-electron chi connectivity index (χ1n) is 12.2. The molecule has 37 heavy (non-hydrogen) atoms. The van der Waals surface area contributed by atoms with Gasteiger partial charge in [-0.25, -0.2) is 0 Å². The number of anilines is 1.